The van der Waals surface area contributed by atoms with Crippen molar-refractivity contribution in [3.63, 3.8) is 0 Å². The minimum absolute atomic E-state index is 0.0241. The molecule has 0 radical (unpaired) electrons. The zero-order valence-corrected chi connectivity index (χ0v) is 41.1. The molecule has 0 saturated carbocycles. The molecular weight excluding hydrogens is 841 g/mol. The Morgan fingerprint density at radius 1 is 0.677 bits per heavy atom. The molecule has 5 amide bonds. The number of hydrogen-bond donors (Lipinski definition) is 5. The van der Waals surface area contributed by atoms with E-state index in [4.69, 9.17) is 29.4 Å². The number of esters is 3. The summed E-state index contributed by atoms with van der Waals surface area (Å²) < 4.78 is 27.1. The van der Waals surface area contributed by atoms with Gasteiger partial charge >= 0.3 is 30.0 Å². The fourth-order valence-electron chi connectivity index (χ4n) is 6.04. The van der Waals surface area contributed by atoms with Gasteiger partial charge in [0.1, 0.15) is 42.6 Å². The largest absolute Gasteiger partial charge is 0.460 e. The lowest BCUT2D eigenvalue weighted by Crippen LogP contribution is -2.53. The van der Waals surface area contributed by atoms with Crippen LogP contribution in [0.5, 0.6) is 0 Å². The summed E-state index contributed by atoms with van der Waals surface area (Å²) in [7, 11) is 0. The Bertz CT molecular complexity index is 1650. The topological polar surface area (TPSA) is 243 Å². The van der Waals surface area contributed by atoms with E-state index in [0.717, 1.165) is 5.56 Å². The van der Waals surface area contributed by atoms with E-state index in [9.17, 15) is 33.6 Å². The quantitative estimate of drug-likeness (QED) is 0.0443. The van der Waals surface area contributed by atoms with E-state index in [1.807, 2.05) is 51.1 Å². The molecule has 0 aromatic heterocycles. The Morgan fingerprint density at radius 2 is 1.28 bits per heavy atom. The normalized spacial score (nSPS) is 13.3. The highest BCUT2D eigenvalue weighted by Gasteiger charge is 2.31. The van der Waals surface area contributed by atoms with Crippen LogP contribution in [0.3, 0.4) is 0 Å². The molecule has 6 N–H and O–H groups in total. The van der Waals surface area contributed by atoms with Gasteiger partial charge < -0.3 is 55.6 Å². The van der Waals surface area contributed by atoms with Crippen LogP contribution in [0, 0.1) is 5.41 Å². The van der Waals surface area contributed by atoms with Crippen molar-refractivity contribution in [3.05, 3.63) is 35.9 Å². The SMILES string of the molecule is CC(C)(C)OC(=O)CC[C@H](NC(=O)N[C@@H](CCCCN(CC(=O)OC(C)(C)C)C(=O)COCCNC(=O)[C@@H](N)CCCCNC(=O)OCc1ccccc1)C(C)(C)C)C(=O)OC(C)(C)C. The van der Waals surface area contributed by atoms with Gasteiger partial charge in [0.2, 0.25) is 11.8 Å². The molecule has 0 heterocycles. The Kier molecular flexibility index (Phi) is 25.1. The molecule has 0 bridgehead atoms. The fraction of sp³-hybridized carbons (Fsp3) is 0.723. The molecule has 1 aromatic rings. The Labute approximate surface area is 386 Å². The maximum atomic E-state index is 13.4. The van der Waals surface area contributed by atoms with Crippen LogP contribution >= 0.6 is 0 Å². The van der Waals surface area contributed by atoms with E-state index < -0.39 is 70.2 Å². The van der Waals surface area contributed by atoms with Crippen molar-refractivity contribution in [1.29, 1.82) is 0 Å². The molecule has 1 rings (SSSR count). The number of amides is 5. The molecule has 0 saturated heterocycles. The summed E-state index contributed by atoms with van der Waals surface area (Å²) in [6.07, 6.45) is 2.48. The van der Waals surface area contributed by atoms with Crippen LogP contribution in [0.25, 0.3) is 0 Å². The third-order valence-electron chi connectivity index (χ3n) is 9.20. The highest BCUT2D eigenvalue weighted by molar-refractivity contribution is 5.85. The van der Waals surface area contributed by atoms with Gasteiger partial charge in [0.15, 0.2) is 0 Å². The van der Waals surface area contributed by atoms with E-state index >= 15 is 0 Å². The Balaban J connectivity index is 2.68. The van der Waals surface area contributed by atoms with E-state index in [1.165, 1.54) is 4.90 Å². The number of carbonyl (C=O) groups is 7. The van der Waals surface area contributed by atoms with Crippen molar-refractivity contribution in [2.24, 2.45) is 11.1 Å². The number of alkyl carbamates (subject to hydrolysis) is 1. The van der Waals surface area contributed by atoms with Crippen molar-refractivity contribution in [2.75, 3.05) is 39.4 Å². The molecule has 0 aliphatic rings. The molecule has 0 aliphatic heterocycles. The van der Waals surface area contributed by atoms with Crippen molar-refractivity contribution >= 4 is 41.8 Å². The van der Waals surface area contributed by atoms with Gasteiger partial charge in [-0.15, -0.1) is 0 Å². The molecule has 0 aliphatic carbocycles. The molecule has 65 heavy (non-hydrogen) atoms. The second-order valence-electron chi connectivity index (χ2n) is 20.1. The minimum atomic E-state index is -1.11. The van der Waals surface area contributed by atoms with Crippen LogP contribution in [0.15, 0.2) is 30.3 Å². The molecule has 0 fully saturated rings. The summed E-state index contributed by atoms with van der Waals surface area (Å²) in [4.78, 5) is 90.8. The van der Waals surface area contributed by atoms with Crippen molar-refractivity contribution in [1.82, 2.24) is 26.2 Å². The maximum absolute atomic E-state index is 13.4. The lowest BCUT2D eigenvalue weighted by atomic mass is 9.84. The standard InChI is InChI=1S/C47H80N6O12/c1-44(2,3)36(52-42(59)51-35(41(58)65-47(10,11)12)24-25-38(55)63-45(4,5)6)23-17-19-28-53(30-39(56)64-46(7,8)9)37(54)32-61-29-27-49-40(57)34(48)22-16-18-26-50-43(60)62-31-33-20-14-13-15-21-33/h13-15,20-21,34-36H,16-19,22-32,48H2,1-12H3,(H,49,57)(H,50,60)(H2,51,52,59)/t34-,35-,36-/m0/s1. The number of benzene rings is 1. The zero-order valence-electron chi connectivity index (χ0n) is 41.1. The van der Waals surface area contributed by atoms with Gasteiger partial charge in [-0.1, -0.05) is 51.1 Å². The van der Waals surface area contributed by atoms with Gasteiger partial charge in [0.05, 0.1) is 12.6 Å². The Hall–Kier alpha value is -4.97. The summed E-state index contributed by atoms with van der Waals surface area (Å²) in [5.41, 5.74) is 4.22. The smallest absolute Gasteiger partial charge is 0.407 e. The van der Waals surface area contributed by atoms with Gasteiger partial charge in [0, 0.05) is 32.1 Å². The second-order valence-corrected chi connectivity index (χ2v) is 20.1. The predicted molar refractivity (Wildman–Crippen MR) is 246 cm³/mol. The fourth-order valence-corrected chi connectivity index (χ4v) is 6.04. The number of nitrogens with two attached hydrogens (primary N) is 1. The third-order valence-corrected chi connectivity index (χ3v) is 9.20. The summed E-state index contributed by atoms with van der Waals surface area (Å²) in [6.45, 7) is 21.7. The van der Waals surface area contributed by atoms with Crippen LogP contribution in [-0.4, -0.2) is 121 Å². The van der Waals surface area contributed by atoms with E-state index in [1.54, 1.807) is 62.3 Å². The third kappa shape index (κ3) is 29.2. The van der Waals surface area contributed by atoms with Gasteiger partial charge in [-0.3, -0.25) is 19.2 Å². The second kappa shape index (κ2) is 28.2. The maximum Gasteiger partial charge on any atom is 0.407 e. The summed E-state index contributed by atoms with van der Waals surface area (Å²) in [5.74, 6) is -2.58. The zero-order chi connectivity index (χ0) is 49.4. The molecule has 18 nitrogen and oxygen atoms in total. The van der Waals surface area contributed by atoms with E-state index in [-0.39, 0.29) is 64.2 Å². The van der Waals surface area contributed by atoms with Crippen molar-refractivity contribution < 1.29 is 57.2 Å². The number of ether oxygens (including phenoxy) is 5. The first-order valence-corrected chi connectivity index (χ1v) is 22.6. The molecule has 0 unspecified atom stereocenters. The Morgan fingerprint density at radius 3 is 1.88 bits per heavy atom. The first-order valence-electron chi connectivity index (χ1n) is 22.6. The number of urea groups is 1. The van der Waals surface area contributed by atoms with E-state index in [0.29, 0.717) is 45.1 Å². The average Bonchev–Trinajstić information content (AvgIpc) is 3.16. The molecule has 3 atom stereocenters. The molecular formula is C47H80N6O12. The number of nitrogens with zero attached hydrogens (tertiary/aromatic N) is 1. The lowest BCUT2D eigenvalue weighted by Gasteiger charge is -2.33. The van der Waals surface area contributed by atoms with Gasteiger partial charge in [-0.2, -0.15) is 0 Å². The number of carbonyl (C=O) groups excluding carboxylic acids is 7. The van der Waals surface area contributed by atoms with Gasteiger partial charge in [0.25, 0.3) is 0 Å². The van der Waals surface area contributed by atoms with Crippen molar-refractivity contribution in [3.8, 4) is 0 Å². The van der Waals surface area contributed by atoms with Crippen LogP contribution in [0.1, 0.15) is 140 Å². The van der Waals surface area contributed by atoms with Crippen LogP contribution in [0.4, 0.5) is 9.59 Å². The number of rotatable bonds is 26. The number of hydrogen-bond acceptors (Lipinski definition) is 13. The predicted octanol–water partition coefficient (Wildman–Crippen LogP) is 5.43. The van der Waals surface area contributed by atoms with Crippen LogP contribution < -0.4 is 27.0 Å². The first kappa shape index (κ1) is 58.0. The minimum Gasteiger partial charge on any atom is -0.460 e. The highest BCUT2D eigenvalue weighted by Crippen LogP contribution is 2.24. The molecule has 1 aromatic carbocycles. The average molecular weight is 921 g/mol. The highest BCUT2D eigenvalue weighted by atomic mass is 16.6. The van der Waals surface area contributed by atoms with Crippen LogP contribution in [0.2, 0.25) is 0 Å². The molecule has 370 valence electrons. The van der Waals surface area contributed by atoms with Crippen LogP contribution in [-0.2, 0) is 54.3 Å². The van der Waals surface area contributed by atoms with Crippen molar-refractivity contribution in [2.45, 2.75) is 176 Å². The lowest BCUT2D eigenvalue weighted by molar-refractivity contribution is -0.160. The summed E-state index contributed by atoms with van der Waals surface area (Å²) in [5, 5.41) is 11.0. The molecule has 18 heteroatoms. The van der Waals surface area contributed by atoms with E-state index in [2.05, 4.69) is 21.3 Å². The first-order chi connectivity index (χ1) is 30.0. The number of unbranched alkanes of at least 4 members (excludes halogenated alkanes) is 2. The summed E-state index contributed by atoms with van der Waals surface area (Å²) >= 11 is 0. The number of nitrogens with one attached hydrogen (secondary N) is 4. The van der Waals surface area contributed by atoms with Gasteiger partial charge in [-0.05, 0) is 118 Å². The molecule has 0 spiro atoms. The van der Waals surface area contributed by atoms with Gasteiger partial charge in [-0.25, -0.2) is 14.4 Å². The monoisotopic (exact) mass is 921 g/mol. The summed E-state index contributed by atoms with van der Waals surface area (Å²) in [6, 6.07) is 6.49.